The number of hydrogen-bond acceptors (Lipinski definition) is 3. The van der Waals surface area contributed by atoms with Crippen molar-refractivity contribution in [2.45, 2.75) is 31.0 Å². The maximum Gasteiger partial charge on any atom is 0.416 e. The Morgan fingerprint density at radius 3 is 2.74 bits per heavy atom. The number of pyridine rings is 1. The number of alkyl halides is 3. The van der Waals surface area contributed by atoms with Gasteiger partial charge < -0.3 is 9.88 Å². The van der Waals surface area contributed by atoms with Crippen molar-refractivity contribution in [1.82, 2.24) is 19.9 Å². The van der Waals surface area contributed by atoms with E-state index in [1.54, 1.807) is 23.2 Å². The molecule has 3 aromatic rings. The van der Waals surface area contributed by atoms with Crippen molar-refractivity contribution in [3.8, 4) is 0 Å². The first-order valence-corrected chi connectivity index (χ1v) is 8.65. The van der Waals surface area contributed by atoms with Crippen LogP contribution in [0.2, 0.25) is 0 Å². The van der Waals surface area contributed by atoms with E-state index in [-0.39, 0.29) is 11.5 Å². The van der Waals surface area contributed by atoms with Gasteiger partial charge in [0, 0.05) is 12.7 Å². The normalized spacial score (nSPS) is 20.8. The molecule has 4 rings (SSSR count). The van der Waals surface area contributed by atoms with Gasteiger partial charge in [-0.2, -0.15) is 13.2 Å². The summed E-state index contributed by atoms with van der Waals surface area (Å²) in [6.45, 7) is 0.371. The Labute approximate surface area is 153 Å². The Kier molecular flexibility index (Phi) is 4.33. The number of hydrogen-bond donors (Lipinski definition) is 1. The van der Waals surface area contributed by atoms with Crippen LogP contribution in [0.5, 0.6) is 0 Å². The fraction of sp³-hybridized carbons (Fsp3) is 0.316. The van der Waals surface area contributed by atoms with Crippen LogP contribution in [-0.4, -0.2) is 32.8 Å². The first-order chi connectivity index (χ1) is 13.0. The molecule has 3 heterocycles. The van der Waals surface area contributed by atoms with E-state index < -0.39 is 17.8 Å². The first kappa shape index (κ1) is 17.5. The topological polar surface area (TPSA) is 61.9 Å². The van der Waals surface area contributed by atoms with Gasteiger partial charge in [-0.15, -0.1) is 0 Å². The lowest BCUT2D eigenvalue weighted by atomic mass is 9.83. The molecule has 8 heteroatoms. The fourth-order valence-corrected chi connectivity index (χ4v) is 3.79. The lowest BCUT2D eigenvalue weighted by molar-refractivity contribution is -0.138. The van der Waals surface area contributed by atoms with Gasteiger partial charge in [-0.3, -0.25) is 4.79 Å². The zero-order valence-electron chi connectivity index (χ0n) is 14.3. The number of likely N-dealkylation sites (tertiary alicyclic amines) is 1. The van der Waals surface area contributed by atoms with Gasteiger partial charge >= 0.3 is 6.18 Å². The maximum atomic E-state index is 13.4. The molecule has 0 saturated carbocycles. The molecule has 1 aliphatic heterocycles. The minimum Gasteiger partial charge on any atom is -0.339 e. The molecular formula is C19H17F3N4O. The highest BCUT2D eigenvalue weighted by molar-refractivity contribution is 5.70. The highest BCUT2D eigenvalue weighted by atomic mass is 19.4. The number of halogens is 3. The van der Waals surface area contributed by atoms with Gasteiger partial charge in [0.1, 0.15) is 5.82 Å². The monoisotopic (exact) mass is 374 g/mol. The molecule has 27 heavy (non-hydrogen) atoms. The van der Waals surface area contributed by atoms with Crippen LogP contribution >= 0.6 is 0 Å². The number of carbonyl (C=O) groups is 1. The second kappa shape index (κ2) is 6.68. The summed E-state index contributed by atoms with van der Waals surface area (Å²) in [6, 6.07) is 8.83. The van der Waals surface area contributed by atoms with Crippen molar-refractivity contribution in [3.63, 3.8) is 0 Å². The molecule has 0 radical (unpaired) electrons. The quantitative estimate of drug-likeness (QED) is 0.704. The Morgan fingerprint density at radius 1 is 1.19 bits per heavy atom. The summed E-state index contributed by atoms with van der Waals surface area (Å²) in [6.07, 6.45) is -1.21. The minimum absolute atomic E-state index is 0.273. The summed E-state index contributed by atoms with van der Waals surface area (Å²) in [5.74, 6) is 0.232. The molecule has 140 valence electrons. The van der Waals surface area contributed by atoms with Crippen LogP contribution in [0.15, 0.2) is 42.6 Å². The second-order valence-electron chi connectivity index (χ2n) is 6.66. The zero-order chi connectivity index (χ0) is 19.0. The van der Waals surface area contributed by atoms with Gasteiger partial charge in [0.25, 0.3) is 0 Å². The van der Waals surface area contributed by atoms with Crippen molar-refractivity contribution in [2.75, 3.05) is 6.54 Å². The van der Waals surface area contributed by atoms with Crippen LogP contribution in [0.3, 0.4) is 0 Å². The first-order valence-electron chi connectivity index (χ1n) is 8.65. The van der Waals surface area contributed by atoms with E-state index in [4.69, 9.17) is 0 Å². The number of nitrogens with one attached hydrogen (secondary N) is 1. The van der Waals surface area contributed by atoms with Gasteiger partial charge in [-0.05, 0) is 42.5 Å². The van der Waals surface area contributed by atoms with Crippen molar-refractivity contribution in [1.29, 1.82) is 0 Å². The largest absolute Gasteiger partial charge is 0.416 e. The van der Waals surface area contributed by atoms with Gasteiger partial charge in [0.15, 0.2) is 5.65 Å². The summed E-state index contributed by atoms with van der Waals surface area (Å²) in [7, 11) is 0. The number of carbonyl (C=O) groups excluding carboxylic acids is 1. The van der Waals surface area contributed by atoms with Gasteiger partial charge in [-0.1, -0.05) is 18.2 Å². The van der Waals surface area contributed by atoms with Crippen LogP contribution in [0.25, 0.3) is 11.2 Å². The number of H-pyrrole nitrogens is 1. The van der Waals surface area contributed by atoms with Crippen LogP contribution in [0, 0.1) is 0 Å². The summed E-state index contributed by atoms with van der Waals surface area (Å²) in [5, 5.41) is 0. The van der Waals surface area contributed by atoms with Crippen molar-refractivity contribution >= 4 is 17.6 Å². The zero-order valence-corrected chi connectivity index (χ0v) is 14.3. The third kappa shape index (κ3) is 3.27. The van der Waals surface area contributed by atoms with Crippen LogP contribution in [0.4, 0.5) is 13.2 Å². The van der Waals surface area contributed by atoms with E-state index >= 15 is 0 Å². The Morgan fingerprint density at radius 2 is 2.00 bits per heavy atom. The average molecular weight is 374 g/mol. The number of amides is 1. The molecule has 0 spiro atoms. The fourth-order valence-electron chi connectivity index (χ4n) is 3.79. The molecular weight excluding hydrogens is 357 g/mol. The number of rotatable bonds is 3. The predicted octanol–water partition coefficient (Wildman–Crippen LogP) is 4.05. The Hall–Kier alpha value is -2.90. The number of benzene rings is 1. The van der Waals surface area contributed by atoms with E-state index in [1.165, 1.54) is 12.1 Å². The molecule has 1 amide bonds. The number of imidazole rings is 1. The lowest BCUT2D eigenvalue weighted by Gasteiger charge is -2.37. The van der Waals surface area contributed by atoms with Crippen molar-refractivity contribution in [3.05, 3.63) is 59.5 Å². The maximum absolute atomic E-state index is 13.4. The summed E-state index contributed by atoms with van der Waals surface area (Å²) in [4.78, 5) is 24.9. The number of nitrogens with zero attached hydrogens (tertiary/aromatic N) is 3. The molecule has 1 aromatic carbocycles. The standard InChI is InChI=1S/C19H17F3N4O/c20-19(21,22)14-5-2-1-4-13(14)12-7-9-26(11-27)16(10-12)18-24-15-6-3-8-23-17(15)25-18/h1-6,8,11-12,16H,7,9-10H2,(H,23,24,25). The molecule has 0 bridgehead atoms. The molecule has 0 aliphatic carbocycles. The molecule has 1 saturated heterocycles. The molecule has 1 fully saturated rings. The summed E-state index contributed by atoms with van der Waals surface area (Å²) >= 11 is 0. The minimum atomic E-state index is -4.41. The van der Waals surface area contributed by atoms with E-state index in [9.17, 15) is 18.0 Å². The number of aromatic amines is 1. The highest BCUT2D eigenvalue weighted by Crippen LogP contribution is 2.42. The SMILES string of the molecule is O=CN1CCC(c2ccccc2C(F)(F)F)CC1c1nc2ncccc2[nH]1. The second-order valence-corrected chi connectivity index (χ2v) is 6.66. The Balaban J connectivity index is 1.70. The predicted molar refractivity (Wildman–Crippen MR) is 92.8 cm³/mol. The molecule has 2 atom stereocenters. The number of piperidine rings is 1. The molecule has 2 aromatic heterocycles. The molecule has 5 nitrogen and oxygen atoms in total. The third-order valence-corrected chi connectivity index (χ3v) is 5.08. The average Bonchev–Trinajstić information content (AvgIpc) is 3.11. The van der Waals surface area contributed by atoms with Crippen molar-refractivity contribution < 1.29 is 18.0 Å². The van der Waals surface area contributed by atoms with Crippen LogP contribution < -0.4 is 0 Å². The number of fused-ring (bicyclic) bond motifs is 1. The lowest BCUT2D eigenvalue weighted by Crippen LogP contribution is -2.36. The highest BCUT2D eigenvalue weighted by Gasteiger charge is 2.38. The third-order valence-electron chi connectivity index (χ3n) is 5.08. The van der Waals surface area contributed by atoms with Gasteiger partial charge in [0.05, 0.1) is 17.1 Å². The number of aromatic nitrogens is 3. The summed E-state index contributed by atoms with van der Waals surface area (Å²) < 4.78 is 40.2. The van der Waals surface area contributed by atoms with E-state index in [0.717, 1.165) is 18.0 Å². The van der Waals surface area contributed by atoms with Crippen LogP contribution in [-0.2, 0) is 11.0 Å². The van der Waals surface area contributed by atoms with Gasteiger partial charge in [0.2, 0.25) is 6.41 Å². The van der Waals surface area contributed by atoms with E-state index in [1.807, 2.05) is 6.07 Å². The molecule has 1 N–H and O–H groups in total. The van der Waals surface area contributed by atoms with Gasteiger partial charge in [-0.25, -0.2) is 9.97 Å². The Bertz CT molecular complexity index is 936. The van der Waals surface area contributed by atoms with Crippen molar-refractivity contribution in [2.24, 2.45) is 0 Å². The molecule has 2 unspecified atom stereocenters. The van der Waals surface area contributed by atoms with E-state index in [0.29, 0.717) is 30.9 Å². The van der Waals surface area contributed by atoms with E-state index in [2.05, 4.69) is 15.0 Å². The molecule has 1 aliphatic rings. The van der Waals surface area contributed by atoms with Crippen LogP contribution in [0.1, 0.15) is 41.8 Å². The smallest absolute Gasteiger partial charge is 0.339 e. The summed E-state index contributed by atoms with van der Waals surface area (Å²) in [5.41, 5.74) is 0.918.